The molecule has 0 spiro atoms. The first-order valence-electron chi connectivity index (χ1n) is 7.73. The van der Waals surface area contributed by atoms with Crippen molar-refractivity contribution in [2.24, 2.45) is 0 Å². The Bertz CT molecular complexity index is 543. The topological polar surface area (TPSA) is 34.4 Å². The van der Waals surface area contributed by atoms with Gasteiger partial charge in [-0.15, -0.1) is 0 Å². The van der Waals surface area contributed by atoms with E-state index >= 15 is 0 Å². The summed E-state index contributed by atoms with van der Waals surface area (Å²) in [6, 6.07) is 10.3. The summed E-state index contributed by atoms with van der Waals surface area (Å²) in [6.07, 6.45) is 2.18. The average Bonchev–Trinajstić information content (AvgIpc) is 2.86. The molecule has 1 aromatic heterocycles. The van der Waals surface area contributed by atoms with Crippen molar-refractivity contribution in [1.29, 1.82) is 0 Å². The van der Waals surface area contributed by atoms with Crippen LogP contribution in [0.3, 0.4) is 0 Å². The normalized spacial score (nSPS) is 10.8. The summed E-state index contributed by atoms with van der Waals surface area (Å²) >= 11 is 0. The van der Waals surface area contributed by atoms with Crippen molar-refractivity contribution in [3.8, 4) is 5.75 Å². The molecule has 114 valence electrons. The zero-order valence-electron chi connectivity index (χ0n) is 13.2. The molecule has 0 fully saturated rings. The fraction of sp³-hybridized carbons (Fsp3) is 0.444. The van der Waals surface area contributed by atoms with E-state index in [1.807, 2.05) is 12.1 Å². The minimum absolute atomic E-state index is 0.472. The highest BCUT2D eigenvalue weighted by Gasteiger charge is 2.08. The van der Waals surface area contributed by atoms with Crippen molar-refractivity contribution in [1.82, 2.24) is 5.32 Å². The van der Waals surface area contributed by atoms with Gasteiger partial charge in [0.25, 0.3) is 0 Å². The lowest BCUT2D eigenvalue weighted by molar-refractivity contribution is 0.265. The van der Waals surface area contributed by atoms with Crippen molar-refractivity contribution in [3.05, 3.63) is 53.0 Å². The predicted molar refractivity (Wildman–Crippen MR) is 85.6 cm³/mol. The number of ether oxygens (including phenoxy) is 1. The smallest absolute Gasteiger partial charge is 0.146 e. The molecule has 2 aromatic rings. The van der Waals surface area contributed by atoms with Gasteiger partial charge in [0, 0.05) is 0 Å². The van der Waals surface area contributed by atoms with Gasteiger partial charge in [0.15, 0.2) is 0 Å². The summed E-state index contributed by atoms with van der Waals surface area (Å²) < 4.78 is 11.6. The minimum atomic E-state index is 0.472. The van der Waals surface area contributed by atoms with Gasteiger partial charge < -0.3 is 14.5 Å². The van der Waals surface area contributed by atoms with E-state index in [1.165, 1.54) is 11.1 Å². The van der Waals surface area contributed by atoms with Crippen LogP contribution in [-0.4, -0.2) is 6.54 Å². The third kappa shape index (κ3) is 4.64. The molecule has 21 heavy (non-hydrogen) atoms. The van der Waals surface area contributed by atoms with Gasteiger partial charge in [-0.1, -0.05) is 26.0 Å². The van der Waals surface area contributed by atoms with E-state index in [0.29, 0.717) is 6.61 Å². The SMILES string of the molecule is CCCNCc1oc(COc2ccc(CC)cc2)cc1C. The Morgan fingerprint density at radius 3 is 2.57 bits per heavy atom. The minimum Gasteiger partial charge on any atom is -0.486 e. The first-order valence-corrected chi connectivity index (χ1v) is 7.73. The van der Waals surface area contributed by atoms with Gasteiger partial charge in [0.05, 0.1) is 6.54 Å². The van der Waals surface area contributed by atoms with Crippen LogP contribution >= 0.6 is 0 Å². The Labute approximate surface area is 127 Å². The number of hydrogen-bond acceptors (Lipinski definition) is 3. The van der Waals surface area contributed by atoms with Gasteiger partial charge in [-0.25, -0.2) is 0 Å². The van der Waals surface area contributed by atoms with Crippen LogP contribution in [0.4, 0.5) is 0 Å². The molecule has 0 radical (unpaired) electrons. The van der Waals surface area contributed by atoms with E-state index < -0.39 is 0 Å². The van der Waals surface area contributed by atoms with Crippen molar-refractivity contribution in [3.63, 3.8) is 0 Å². The highest BCUT2D eigenvalue weighted by molar-refractivity contribution is 5.27. The number of hydrogen-bond donors (Lipinski definition) is 1. The van der Waals surface area contributed by atoms with E-state index in [2.05, 4.69) is 44.3 Å². The molecule has 0 saturated carbocycles. The van der Waals surface area contributed by atoms with Crippen LogP contribution in [0, 0.1) is 6.92 Å². The summed E-state index contributed by atoms with van der Waals surface area (Å²) in [4.78, 5) is 0. The van der Waals surface area contributed by atoms with Gasteiger partial charge in [0.1, 0.15) is 23.9 Å². The van der Waals surface area contributed by atoms with Crippen molar-refractivity contribution in [2.75, 3.05) is 6.54 Å². The molecular formula is C18H25NO2. The van der Waals surface area contributed by atoms with Crippen LogP contribution in [-0.2, 0) is 19.6 Å². The Kier molecular flexibility index (Phi) is 5.88. The monoisotopic (exact) mass is 287 g/mol. The summed E-state index contributed by atoms with van der Waals surface area (Å²) in [5.74, 6) is 2.76. The summed E-state index contributed by atoms with van der Waals surface area (Å²) in [7, 11) is 0. The number of rotatable bonds is 8. The number of aryl methyl sites for hydroxylation is 2. The van der Waals surface area contributed by atoms with Gasteiger partial charge in [-0.05, 0) is 55.6 Å². The van der Waals surface area contributed by atoms with Crippen LogP contribution in [0.1, 0.15) is 42.9 Å². The van der Waals surface area contributed by atoms with Gasteiger partial charge >= 0.3 is 0 Å². The lowest BCUT2D eigenvalue weighted by Gasteiger charge is -2.05. The lowest BCUT2D eigenvalue weighted by atomic mass is 10.2. The molecule has 1 heterocycles. The Balaban J connectivity index is 1.89. The second-order valence-corrected chi connectivity index (χ2v) is 5.28. The average molecular weight is 287 g/mol. The molecule has 0 unspecified atom stereocenters. The standard InChI is InChI=1S/C18H25NO2/c1-4-10-19-12-18-14(3)11-17(21-18)13-20-16-8-6-15(5-2)7-9-16/h6-9,11,19H,4-5,10,12-13H2,1-3H3. The van der Waals surface area contributed by atoms with Crippen molar-refractivity contribution in [2.45, 2.75) is 46.8 Å². The molecule has 0 aliphatic heterocycles. The molecule has 1 N–H and O–H groups in total. The van der Waals surface area contributed by atoms with Crippen LogP contribution in [0.25, 0.3) is 0 Å². The first kappa shape index (κ1) is 15.6. The molecule has 3 nitrogen and oxygen atoms in total. The molecule has 0 aliphatic carbocycles. The highest BCUT2D eigenvalue weighted by Crippen LogP contribution is 2.18. The van der Waals surface area contributed by atoms with E-state index in [9.17, 15) is 0 Å². The van der Waals surface area contributed by atoms with Crippen LogP contribution in [0.2, 0.25) is 0 Å². The van der Waals surface area contributed by atoms with Crippen molar-refractivity contribution < 1.29 is 9.15 Å². The van der Waals surface area contributed by atoms with Crippen LogP contribution in [0.15, 0.2) is 34.7 Å². The second kappa shape index (κ2) is 7.89. The molecular weight excluding hydrogens is 262 g/mol. The largest absolute Gasteiger partial charge is 0.486 e. The van der Waals surface area contributed by atoms with Gasteiger partial charge in [-0.3, -0.25) is 0 Å². The molecule has 0 bridgehead atoms. The molecule has 0 saturated heterocycles. The Morgan fingerprint density at radius 2 is 1.90 bits per heavy atom. The quantitative estimate of drug-likeness (QED) is 0.738. The fourth-order valence-electron chi connectivity index (χ4n) is 2.19. The third-order valence-corrected chi connectivity index (χ3v) is 3.50. The predicted octanol–water partition coefficient (Wildman–Crippen LogP) is 4.23. The number of furan rings is 1. The number of benzene rings is 1. The molecule has 0 atom stereocenters. The van der Waals surface area contributed by atoms with E-state index in [1.54, 1.807) is 0 Å². The first-order chi connectivity index (χ1) is 10.2. The number of nitrogens with one attached hydrogen (secondary N) is 1. The maximum absolute atomic E-state index is 5.84. The summed E-state index contributed by atoms with van der Waals surface area (Å²) in [6.45, 7) is 8.65. The zero-order valence-corrected chi connectivity index (χ0v) is 13.2. The molecule has 3 heteroatoms. The summed E-state index contributed by atoms with van der Waals surface area (Å²) in [5.41, 5.74) is 2.50. The lowest BCUT2D eigenvalue weighted by Crippen LogP contribution is -2.13. The third-order valence-electron chi connectivity index (χ3n) is 3.50. The Hall–Kier alpha value is -1.74. The van der Waals surface area contributed by atoms with Crippen LogP contribution in [0.5, 0.6) is 5.75 Å². The van der Waals surface area contributed by atoms with E-state index in [4.69, 9.17) is 9.15 Å². The second-order valence-electron chi connectivity index (χ2n) is 5.28. The maximum Gasteiger partial charge on any atom is 0.146 e. The van der Waals surface area contributed by atoms with Gasteiger partial charge in [0.2, 0.25) is 0 Å². The van der Waals surface area contributed by atoms with Gasteiger partial charge in [-0.2, -0.15) is 0 Å². The Morgan fingerprint density at radius 1 is 1.14 bits per heavy atom. The molecule has 0 aliphatic rings. The molecule has 2 rings (SSSR count). The zero-order chi connectivity index (χ0) is 15.1. The summed E-state index contributed by atoms with van der Waals surface area (Å²) in [5, 5.41) is 3.36. The van der Waals surface area contributed by atoms with Crippen molar-refractivity contribution >= 4 is 0 Å². The van der Waals surface area contributed by atoms with E-state index in [0.717, 1.165) is 43.2 Å². The fourth-order valence-corrected chi connectivity index (χ4v) is 2.19. The van der Waals surface area contributed by atoms with Crippen LogP contribution < -0.4 is 10.1 Å². The molecule has 0 amide bonds. The molecule has 1 aromatic carbocycles. The van der Waals surface area contributed by atoms with E-state index in [-0.39, 0.29) is 0 Å². The maximum atomic E-state index is 5.84. The highest BCUT2D eigenvalue weighted by atomic mass is 16.5.